The Morgan fingerprint density at radius 2 is 1.52 bits per heavy atom. The van der Waals surface area contributed by atoms with Crippen molar-refractivity contribution in [3.8, 4) is 10.6 Å². The predicted molar refractivity (Wildman–Crippen MR) is 119 cm³/mol. The van der Waals surface area contributed by atoms with E-state index < -0.39 is 15.2 Å². The summed E-state index contributed by atoms with van der Waals surface area (Å²) >= 11 is 1.98. The lowest BCUT2D eigenvalue weighted by atomic mass is 10.2. The van der Waals surface area contributed by atoms with Crippen LogP contribution in [0.3, 0.4) is 0 Å². The first kappa shape index (κ1) is 18.4. The third-order valence-corrected chi connectivity index (χ3v) is 7.09. The molecule has 3 aromatic carbocycles. The van der Waals surface area contributed by atoms with Crippen LogP contribution in [0.5, 0.6) is 5.75 Å². The molecule has 0 unspecified atom stereocenters. The topological polar surface area (TPSA) is 26.3 Å². The second-order valence-electron chi connectivity index (χ2n) is 6.75. The second kappa shape index (κ2) is 6.87. The minimum Gasteiger partial charge on any atom is -0.422 e. The smallest absolute Gasteiger partial charge is 0.326 e. The standard InChI is InChI=1S/C22H17FIO2S/c1-22(2,24)21(25)26-18-12-11-14(13-17(18)23)27-19-9-5-3-7-15(19)16-8-4-6-10-20(16)27/h3-13H,1-2H3/q+1. The number of ether oxygens (including phenoxy) is 1. The van der Waals surface area contributed by atoms with Crippen LogP contribution in [0.2, 0.25) is 0 Å². The zero-order valence-corrected chi connectivity index (χ0v) is 17.8. The molecule has 4 aromatic rings. The molecular formula is C22H17FIO2S+. The van der Waals surface area contributed by atoms with Crippen LogP contribution >= 0.6 is 33.1 Å². The van der Waals surface area contributed by atoms with Gasteiger partial charge in [0, 0.05) is 33.4 Å². The minimum absolute atomic E-state index is 0.0298. The summed E-state index contributed by atoms with van der Waals surface area (Å²) in [5, 5.41) is 2.39. The van der Waals surface area contributed by atoms with E-state index in [9.17, 15) is 9.18 Å². The Hall–Kier alpha value is -1.99. The molecule has 0 saturated heterocycles. The monoisotopic (exact) mass is 491 g/mol. The van der Waals surface area contributed by atoms with Gasteiger partial charge < -0.3 is 4.74 Å². The van der Waals surface area contributed by atoms with E-state index in [-0.39, 0.29) is 16.2 Å². The number of carbonyl (C=O) groups excluding carboxylic acids is 1. The third kappa shape index (κ3) is 3.34. The van der Waals surface area contributed by atoms with Gasteiger partial charge in [-0.05, 0) is 44.2 Å². The summed E-state index contributed by atoms with van der Waals surface area (Å²) in [5.74, 6) is -1.01. The number of rotatable bonds is 3. The van der Waals surface area contributed by atoms with Gasteiger partial charge in [-0.3, -0.25) is 4.79 Å². The molecule has 0 aliphatic rings. The summed E-state index contributed by atoms with van der Waals surface area (Å²) in [6.07, 6.45) is 0. The first-order valence-corrected chi connectivity index (χ1v) is 10.8. The molecule has 27 heavy (non-hydrogen) atoms. The normalized spacial score (nSPS) is 11.9. The summed E-state index contributed by atoms with van der Waals surface area (Å²) in [5.41, 5.74) is 0. The number of fused-ring (bicyclic) bond motifs is 3. The van der Waals surface area contributed by atoms with Gasteiger partial charge in [0.25, 0.3) is 0 Å². The Kier molecular flexibility index (Phi) is 4.68. The molecule has 0 atom stereocenters. The Morgan fingerprint density at radius 1 is 0.963 bits per heavy atom. The lowest BCUT2D eigenvalue weighted by molar-refractivity contribution is -0.135. The third-order valence-electron chi connectivity index (χ3n) is 4.33. The Labute approximate surface area is 173 Å². The van der Waals surface area contributed by atoms with Crippen LogP contribution in [0.15, 0.2) is 66.7 Å². The van der Waals surface area contributed by atoms with Crippen molar-refractivity contribution in [1.29, 1.82) is 0 Å². The maximum absolute atomic E-state index is 14.7. The lowest BCUT2D eigenvalue weighted by Gasteiger charge is -2.14. The van der Waals surface area contributed by atoms with Gasteiger partial charge in [0.2, 0.25) is 0 Å². The molecule has 4 rings (SSSR count). The van der Waals surface area contributed by atoms with E-state index in [1.54, 1.807) is 19.9 Å². The van der Waals surface area contributed by atoms with Crippen LogP contribution < -0.4 is 4.74 Å². The largest absolute Gasteiger partial charge is 0.422 e. The van der Waals surface area contributed by atoms with Gasteiger partial charge in [-0.1, -0.05) is 46.9 Å². The molecule has 0 aliphatic heterocycles. The van der Waals surface area contributed by atoms with Crippen molar-refractivity contribution in [3.05, 3.63) is 72.5 Å². The summed E-state index contributed by atoms with van der Waals surface area (Å²) in [7, 11) is -0.371. The second-order valence-corrected chi connectivity index (χ2v) is 11.4. The van der Waals surface area contributed by atoms with Crippen molar-refractivity contribution in [2.75, 3.05) is 0 Å². The lowest BCUT2D eigenvalue weighted by Crippen LogP contribution is -2.29. The van der Waals surface area contributed by atoms with Gasteiger partial charge in [0.05, 0.1) is 0 Å². The molecule has 136 valence electrons. The van der Waals surface area contributed by atoms with Crippen molar-refractivity contribution >= 4 is 59.2 Å². The molecule has 1 aromatic heterocycles. The van der Waals surface area contributed by atoms with Crippen LogP contribution in [0.25, 0.3) is 25.1 Å². The number of hydrogen-bond acceptors (Lipinski definition) is 2. The molecule has 0 fully saturated rings. The van der Waals surface area contributed by atoms with Crippen LogP contribution in [0.1, 0.15) is 13.8 Å². The number of thiophene rings is 1. The summed E-state index contributed by atoms with van der Waals surface area (Å²) in [4.78, 5) is 12.9. The maximum atomic E-state index is 14.7. The van der Waals surface area contributed by atoms with E-state index in [4.69, 9.17) is 4.74 Å². The average molecular weight is 491 g/mol. The molecule has 5 heteroatoms. The number of benzene rings is 3. The first-order valence-electron chi connectivity index (χ1n) is 8.50. The Balaban J connectivity index is 1.85. The predicted octanol–water partition coefficient (Wildman–Crippen LogP) is 6.99. The highest BCUT2D eigenvalue weighted by Gasteiger charge is 2.28. The van der Waals surface area contributed by atoms with Crippen molar-refractivity contribution in [1.82, 2.24) is 0 Å². The number of hydrogen-bond donors (Lipinski definition) is 0. The summed E-state index contributed by atoms with van der Waals surface area (Å²) < 4.78 is 21.6. The highest BCUT2D eigenvalue weighted by Crippen LogP contribution is 2.48. The van der Waals surface area contributed by atoms with Crippen molar-refractivity contribution < 1.29 is 13.9 Å². The minimum atomic E-state index is -0.714. The molecule has 1 heterocycles. The van der Waals surface area contributed by atoms with E-state index in [0.29, 0.717) is 0 Å². The highest BCUT2D eigenvalue weighted by atomic mass is 127. The van der Waals surface area contributed by atoms with E-state index in [2.05, 4.69) is 24.3 Å². The fourth-order valence-corrected chi connectivity index (χ4v) is 5.52. The molecule has 0 amide bonds. The molecule has 0 bridgehead atoms. The fourth-order valence-electron chi connectivity index (χ4n) is 3.02. The Morgan fingerprint density at radius 3 is 2.04 bits per heavy atom. The SMILES string of the molecule is CC(C)(I)C(=O)Oc1ccc(-[s+]2c3ccccc3c3ccccc32)cc1F. The van der Waals surface area contributed by atoms with Crippen LogP contribution in [-0.2, 0) is 4.79 Å². The van der Waals surface area contributed by atoms with Gasteiger partial charge in [-0.25, -0.2) is 4.39 Å². The van der Waals surface area contributed by atoms with Crippen LogP contribution in [0, 0.1) is 5.82 Å². The van der Waals surface area contributed by atoms with Crippen molar-refractivity contribution in [3.63, 3.8) is 0 Å². The Bertz CT molecular complexity index is 1120. The fraction of sp³-hybridized carbons (Fsp3) is 0.136. The highest BCUT2D eigenvalue weighted by molar-refractivity contribution is 14.1. The molecule has 0 aliphatic carbocycles. The van der Waals surface area contributed by atoms with Gasteiger partial charge in [-0.2, -0.15) is 0 Å². The molecule has 0 spiro atoms. The number of alkyl halides is 1. The van der Waals surface area contributed by atoms with E-state index in [1.807, 2.05) is 52.9 Å². The number of esters is 1. The number of halogens is 2. The first-order chi connectivity index (χ1) is 12.9. The van der Waals surface area contributed by atoms with Gasteiger partial charge in [-0.15, -0.1) is 0 Å². The molecule has 0 N–H and O–H groups in total. The molecule has 0 radical (unpaired) electrons. The van der Waals surface area contributed by atoms with E-state index in [1.165, 1.54) is 26.2 Å². The zero-order chi connectivity index (χ0) is 19.2. The van der Waals surface area contributed by atoms with Crippen molar-refractivity contribution in [2.45, 2.75) is 17.3 Å². The summed E-state index contributed by atoms with van der Waals surface area (Å²) in [6, 6.07) is 21.4. The molecule has 2 nitrogen and oxygen atoms in total. The molecule has 0 saturated carbocycles. The average Bonchev–Trinajstić information content (AvgIpc) is 2.97. The number of carbonyl (C=O) groups is 1. The van der Waals surface area contributed by atoms with Crippen molar-refractivity contribution in [2.24, 2.45) is 0 Å². The van der Waals surface area contributed by atoms with E-state index in [0.717, 1.165) is 4.90 Å². The van der Waals surface area contributed by atoms with Gasteiger partial charge in [0.1, 0.15) is 3.42 Å². The van der Waals surface area contributed by atoms with Gasteiger partial charge in [0.15, 0.2) is 25.9 Å². The van der Waals surface area contributed by atoms with Crippen LogP contribution in [-0.4, -0.2) is 9.39 Å². The van der Waals surface area contributed by atoms with E-state index >= 15 is 0 Å². The molecular weight excluding hydrogens is 474 g/mol. The van der Waals surface area contributed by atoms with Crippen LogP contribution in [0.4, 0.5) is 4.39 Å². The quantitative estimate of drug-likeness (QED) is 0.102. The maximum Gasteiger partial charge on any atom is 0.326 e. The summed E-state index contributed by atoms with van der Waals surface area (Å²) in [6.45, 7) is 3.46. The van der Waals surface area contributed by atoms with Gasteiger partial charge >= 0.3 is 5.97 Å². The zero-order valence-electron chi connectivity index (χ0n) is 14.8.